The van der Waals surface area contributed by atoms with E-state index in [-0.39, 0.29) is 21.5 Å². The number of aliphatic hydroxyl groups is 1. The van der Waals surface area contributed by atoms with Crippen molar-refractivity contribution in [3.63, 3.8) is 0 Å². The highest BCUT2D eigenvalue weighted by atomic mass is 35.5. The molecule has 13 heteroatoms. The lowest BCUT2D eigenvalue weighted by atomic mass is 10.1. The summed E-state index contributed by atoms with van der Waals surface area (Å²) in [6.07, 6.45) is -0.925. The Bertz CT molecular complexity index is 1410. The van der Waals surface area contributed by atoms with Crippen LogP contribution in [-0.4, -0.2) is 48.0 Å². The summed E-state index contributed by atoms with van der Waals surface area (Å²) in [5, 5.41) is 23.0. The van der Waals surface area contributed by atoms with Crippen molar-refractivity contribution in [2.24, 2.45) is 0 Å². The molecule has 34 heavy (non-hydrogen) atoms. The van der Waals surface area contributed by atoms with E-state index in [9.17, 15) is 18.1 Å². The van der Waals surface area contributed by atoms with Crippen molar-refractivity contribution in [1.29, 1.82) is 0 Å². The van der Waals surface area contributed by atoms with Gasteiger partial charge in [0.15, 0.2) is 5.15 Å². The molecule has 180 valence electrons. The van der Waals surface area contributed by atoms with Gasteiger partial charge in [-0.3, -0.25) is 9.82 Å². The summed E-state index contributed by atoms with van der Waals surface area (Å²) >= 11 is 12.1. The molecule has 4 rings (SSSR count). The van der Waals surface area contributed by atoms with Crippen LogP contribution in [0.4, 0.5) is 5.69 Å². The number of benzene rings is 2. The number of aromatic amines is 1. The molecular weight excluding hydrogens is 523 g/mol. The number of aliphatic hydroxyl groups excluding tert-OH is 1. The van der Waals surface area contributed by atoms with Gasteiger partial charge >= 0.3 is 10.0 Å². The molecule has 4 N–H and O–H groups in total. The number of thiophene rings is 1. The minimum Gasteiger partial charge on any atom is -0.590 e. The average Bonchev–Trinajstić information content (AvgIpc) is 3.40. The summed E-state index contributed by atoms with van der Waals surface area (Å²) in [7, 11) is -5.80. The number of halogens is 2. The van der Waals surface area contributed by atoms with Crippen LogP contribution in [0.3, 0.4) is 0 Å². The number of hydrogen-bond acceptors (Lipinski definition) is 7. The van der Waals surface area contributed by atoms with Crippen molar-refractivity contribution < 1.29 is 22.8 Å². The summed E-state index contributed by atoms with van der Waals surface area (Å²) in [6, 6.07) is 12.6. The van der Waals surface area contributed by atoms with Gasteiger partial charge in [0.05, 0.1) is 22.3 Å². The molecule has 4 aromatic rings. The second-order valence-corrected chi connectivity index (χ2v) is 11.2. The van der Waals surface area contributed by atoms with Crippen molar-refractivity contribution in [2.45, 2.75) is 10.3 Å². The molecule has 2 aromatic heterocycles. The molecular formula is C21H20Cl2N4O5S2. The van der Waals surface area contributed by atoms with Gasteiger partial charge in [-0.25, -0.2) is 0 Å². The number of nitrogens with one attached hydrogen (secondary N) is 3. The summed E-state index contributed by atoms with van der Waals surface area (Å²) in [6.45, 7) is 1.01. The van der Waals surface area contributed by atoms with Crippen molar-refractivity contribution in [3.05, 3.63) is 69.7 Å². The van der Waals surface area contributed by atoms with E-state index >= 15 is 0 Å². The Hall–Kier alpha value is -2.38. The quantitative estimate of drug-likeness (QED) is 0.174. The molecule has 0 aliphatic rings. The van der Waals surface area contributed by atoms with Crippen molar-refractivity contribution in [2.75, 3.05) is 24.4 Å². The molecule has 0 aliphatic carbocycles. The van der Waals surface area contributed by atoms with E-state index in [1.165, 1.54) is 29.6 Å². The molecule has 0 fully saturated rings. The zero-order valence-electron chi connectivity index (χ0n) is 17.5. The molecule has 0 amide bonds. The smallest absolute Gasteiger partial charge is 0.311 e. The first-order valence-electron chi connectivity index (χ1n) is 10.0. The normalized spacial score (nSPS) is 13.2. The summed E-state index contributed by atoms with van der Waals surface area (Å²) in [5.41, 5.74) is 1.31. The van der Waals surface area contributed by atoms with E-state index in [1.54, 1.807) is 18.2 Å². The standard InChI is InChI=1S/C21H20Cl2N4O5S2/c22-16-6-3-13(10-18(16)27-34(30,31)20-2-1-9-33(20)29)19(28)12-24-7-8-32-14-4-5-15-17(11-14)25-26-21(15)23/h1-6,9-11,19,24,27-28H,7-8,12H2,(H,25,26). The maximum Gasteiger partial charge on any atom is 0.311 e. The van der Waals surface area contributed by atoms with Gasteiger partial charge in [-0.15, -0.1) is 0 Å². The number of anilines is 1. The molecule has 9 nitrogen and oxygen atoms in total. The highest BCUT2D eigenvalue weighted by Gasteiger charge is 2.24. The molecule has 2 heterocycles. The van der Waals surface area contributed by atoms with E-state index in [1.807, 2.05) is 6.07 Å². The van der Waals surface area contributed by atoms with Crippen molar-refractivity contribution >= 4 is 60.6 Å². The zero-order valence-corrected chi connectivity index (χ0v) is 20.6. The molecule has 0 bridgehead atoms. The van der Waals surface area contributed by atoms with E-state index in [0.29, 0.717) is 29.6 Å². The third-order valence-electron chi connectivity index (χ3n) is 4.89. The number of sulfonamides is 1. The maximum absolute atomic E-state index is 12.5. The minimum absolute atomic E-state index is 0.0839. The molecule has 2 atom stereocenters. The number of H-pyrrole nitrogens is 1. The van der Waals surface area contributed by atoms with E-state index < -0.39 is 26.9 Å². The second-order valence-electron chi connectivity index (χ2n) is 7.25. The van der Waals surface area contributed by atoms with E-state index in [2.05, 4.69) is 20.2 Å². The van der Waals surface area contributed by atoms with Crippen molar-refractivity contribution in [3.8, 4) is 5.75 Å². The Labute approximate surface area is 208 Å². The number of ether oxygens (including phenoxy) is 1. The molecule has 2 unspecified atom stereocenters. The van der Waals surface area contributed by atoms with Crippen LogP contribution in [0.15, 0.2) is 58.1 Å². The SMILES string of the molecule is O=S(=O)(Nc1cc(C(O)CNCCOc2ccc3c(Cl)n[nH]c3c2)ccc1Cl)c1ccc[s+]1[O-]. The highest BCUT2D eigenvalue weighted by Crippen LogP contribution is 2.31. The fraction of sp³-hybridized carbons (Fsp3) is 0.190. The maximum atomic E-state index is 12.5. The van der Waals surface area contributed by atoms with Gasteiger partial charge in [-0.05, 0) is 46.6 Å². The van der Waals surface area contributed by atoms with Crippen LogP contribution in [0, 0.1) is 0 Å². The van der Waals surface area contributed by atoms with Crippen LogP contribution in [0.25, 0.3) is 10.9 Å². The number of nitrogens with zero attached hydrogens (tertiary/aromatic N) is 1. The number of fused-ring (bicyclic) bond motifs is 1. The van der Waals surface area contributed by atoms with Gasteiger partial charge in [0, 0.05) is 30.6 Å². The summed E-state index contributed by atoms with van der Waals surface area (Å²) in [4.78, 5) is 0. The first-order chi connectivity index (χ1) is 16.2. The molecule has 2 aromatic carbocycles. The van der Waals surface area contributed by atoms with Crippen LogP contribution in [-0.2, 0) is 10.0 Å². The lowest BCUT2D eigenvalue weighted by molar-refractivity contribution is 0.172. The topological polar surface area (TPSA) is 139 Å². The lowest BCUT2D eigenvalue weighted by Crippen LogP contribution is -2.26. The van der Waals surface area contributed by atoms with Gasteiger partial charge in [0.1, 0.15) is 17.7 Å². The Kier molecular flexibility index (Phi) is 7.63. The third kappa shape index (κ3) is 5.63. The first-order valence-corrected chi connectivity index (χ1v) is 13.5. The van der Waals surface area contributed by atoms with Gasteiger partial charge in [-0.2, -0.15) is 13.5 Å². The average molecular weight is 543 g/mol. The molecule has 0 spiro atoms. The van der Waals surface area contributed by atoms with Crippen LogP contribution in [0.5, 0.6) is 5.75 Å². The predicted octanol–water partition coefficient (Wildman–Crippen LogP) is 4.10. The van der Waals surface area contributed by atoms with E-state index in [0.717, 1.165) is 10.9 Å². The summed E-state index contributed by atoms with van der Waals surface area (Å²) in [5.74, 6) is 0.651. The Morgan fingerprint density at radius 1 is 1.21 bits per heavy atom. The summed E-state index contributed by atoms with van der Waals surface area (Å²) < 4.78 is 44.6. The Balaban J connectivity index is 1.30. The Morgan fingerprint density at radius 2 is 2.03 bits per heavy atom. The highest BCUT2D eigenvalue weighted by molar-refractivity contribution is 7.95. The second kappa shape index (κ2) is 10.5. The van der Waals surface area contributed by atoms with Crippen LogP contribution in [0.1, 0.15) is 11.7 Å². The van der Waals surface area contributed by atoms with Crippen LogP contribution in [0.2, 0.25) is 10.2 Å². The monoisotopic (exact) mass is 542 g/mol. The fourth-order valence-electron chi connectivity index (χ4n) is 3.20. The lowest BCUT2D eigenvalue weighted by Gasteiger charge is -2.15. The van der Waals surface area contributed by atoms with Gasteiger partial charge in [0.2, 0.25) is 0 Å². The fourth-order valence-corrected chi connectivity index (χ4v) is 6.17. The van der Waals surface area contributed by atoms with Gasteiger partial charge in [0.25, 0.3) is 4.21 Å². The molecule has 0 saturated carbocycles. The third-order valence-corrected chi connectivity index (χ3v) is 8.75. The van der Waals surface area contributed by atoms with Gasteiger partial charge in [-0.1, -0.05) is 29.3 Å². The largest absolute Gasteiger partial charge is 0.590 e. The van der Waals surface area contributed by atoms with E-state index in [4.69, 9.17) is 27.9 Å². The van der Waals surface area contributed by atoms with Crippen LogP contribution >= 0.6 is 34.0 Å². The van der Waals surface area contributed by atoms with Gasteiger partial charge < -0.3 is 19.7 Å². The minimum atomic E-state index is -4.05. The molecule has 0 saturated heterocycles. The molecule has 0 aliphatic heterocycles. The number of rotatable bonds is 10. The predicted molar refractivity (Wildman–Crippen MR) is 132 cm³/mol. The van der Waals surface area contributed by atoms with Crippen molar-refractivity contribution in [1.82, 2.24) is 15.5 Å². The molecule has 0 radical (unpaired) electrons. The first kappa shape index (κ1) is 24.7. The zero-order chi connectivity index (χ0) is 24.3. The number of aromatic nitrogens is 2. The number of hydrogen-bond donors (Lipinski definition) is 4. The van der Waals surface area contributed by atoms with Crippen LogP contribution < -0.4 is 14.8 Å². The Morgan fingerprint density at radius 3 is 2.79 bits per heavy atom.